The Bertz CT molecular complexity index is 895. The van der Waals surface area contributed by atoms with Gasteiger partial charge in [0.25, 0.3) is 5.89 Å². The Morgan fingerprint density at radius 1 is 1.20 bits per heavy atom. The number of rotatable bonds is 7. The molecule has 8 heteroatoms. The molecule has 30 heavy (non-hydrogen) atoms. The van der Waals surface area contributed by atoms with Crippen molar-refractivity contribution >= 4 is 5.91 Å². The van der Waals surface area contributed by atoms with Crippen LogP contribution in [0.3, 0.4) is 0 Å². The maximum absolute atomic E-state index is 12.6. The highest BCUT2D eigenvalue weighted by molar-refractivity contribution is 5.78. The molecule has 2 aromatic heterocycles. The van der Waals surface area contributed by atoms with E-state index in [0.29, 0.717) is 31.3 Å². The first-order valence-corrected chi connectivity index (χ1v) is 11.4. The van der Waals surface area contributed by atoms with Gasteiger partial charge in [0.2, 0.25) is 5.91 Å². The first kappa shape index (κ1) is 19.7. The van der Waals surface area contributed by atoms with Crippen molar-refractivity contribution in [2.45, 2.75) is 70.9 Å². The van der Waals surface area contributed by atoms with Gasteiger partial charge in [-0.25, -0.2) is 0 Å². The highest BCUT2D eigenvalue weighted by Gasteiger charge is 2.29. The Labute approximate surface area is 177 Å². The first-order valence-electron chi connectivity index (χ1n) is 11.4. The van der Waals surface area contributed by atoms with E-state index in [2.05, 4.69) is 14.8 Å². The highest BCUT2D eigenvalue weighted by Crippen LogP contribution is 2.34. The van der Waals surface area contributed by atoms with Crippen molar-refractivity contribution in [1.82, 2.24) is 24.8 Å². The normalized spacial score (nSPS) is 19.6. The number of hydrogen-bond donors (Lipinski definition) is 0. The van der Waals surface area contributed by atoms with Crippen LogP contribution in [0.25, 0.3) is 11.6 Å². The summed E-state index contributed by atoms with van der Waals surface area (Å²) in [5, 5.41) is 8.97. The molecule has 0 aromatic carbocycles. The second kappa shape index (κ2) is 8.49. The van der Waals surface area contributed by atoms with Gasteiger partial charge in [-0.15, -0.1) is 0 Å². The lowest BCUT2D eigenvalue weighted by Gasteiger charge is -2.26. The molecule has 0 unspecified atom stereocenters. The SMILES string of the molecule is CN(CCc1noc(-c2nn(CC3CC3)c3c2COCC3)n1)C(=O)C1CCCCC1. The third-order valence-electron chi connectivity index (χ3n) is 6.70. The summed E-state index contributed by atoms with van der Waals surface area (Å²) >= 11 is 0. The number of carbonyl (C=O) groups excluding carboxylic acids is 1. The summed E-state index contributed by atoms with van der Waals surface area (Å²) in [6.07, 6.45) is 9.67. The lowest BCUT2D eigenvalue weighted by atomic mass is 9.88. The number of ether oxygens (including phenoxy) is 1. The maximum atomic E-state index is 12.6. The Hall–Kier alpha value is -2.22. The van der Waals surface area contributed by atoms with Crippen LogP contribution in [-0.2, 0) is 35.5 Å². The fourth-order valence-electron chi connectivity index (χ4n) is 4.67. The van der Waals surface area contributed by atoms with Crippen molar-refractivity contribution in [1.29, 1.82) is 0 Å². The van der Waals surface area contributed by atoms with Gasteiger partial charge >= 0.3 is 0 Å². The van der Waals surface area contributed by atoms with Crippen molar-refractivity contribution in [2.75, 3.05) is 20.2 Å². The number of likely N-dealkylation sites (N-methyl/N-ethyl adjacent to an activating group) is 1. The van der Waals surface area contributed by atoms with Crippen LogP contribution < -0.4 is 0 Å². The maximum Gasteiger partial charge on any atom is 0.278 e. The minimum absolute atomic E-state index is 0.187. The molecule has 2 aliphatic carbocycles. The van der Waals surface area contributed by atoms with Crippen molar-refractivity contribution in [3.63, 3.8) is 0 Å². The number of nitrogens with zero attached hydrogens (tertiary/aromatic N) is 5. The molecule has 0 bridgehead atoms. The Kier molecular flexibility index (Phi) is 5.58. The molecule has 3 heterocycles. The van der Waals surface area contributed by atoms with Gasteiger partial charge in [0.05, 0.1) is 13.2 Å². The molecule has 2 fully saturated rings. The van der Waals surface area contributed by atoms with Crippen LogP contribution in [0.4, 0.5) is 0 Å². The molecule has 0 N–H and O–H groups in total. The van der Waals surface area contributed by atoms with Gasteiger partial charge in [-0.3, -0.25) is 9.48 Å². The third-order valence-corrected chi connectivity index (χ3v) is 6.70. The fourth-order valence-corrected chi connectivity index (χ4v) is 4.67. The molecule has 8 nitrogen and oxygen atoms in total. The van der Waals surface area contributed by atoms with E-state index in [1.807, 2.05) is 11.9 Å². The number of aromatic nitrogens is 4. The van der Waals surface area contributed by atoms with Gasteiger partial charge < -0.3 is 14.2 Å². The molecule has 2 aromatic rings. The summed E-state index contributed by atoms with van der Waals surface area (Å²) in [7, 11) is 1.88. The molecule has 3 aliphatic rings. The molecular weight excluding hydrogens is 382 g/mol. The lowest BCUT2D eigenvalue weighted by molar-refractivity contribution is -0.135. The van der Waals surface area contributed by atoms with E-state index < -0.39 is 0 Å². The van der Waals surface area contributed by atoms with Gasteiger partial charge in [-0.1, -0.05) is 24.4 Å². The van der Waals surface area contributed by atoms with Crippen LogP contribution in [-0.4, -0.2) is 50.9 Å². The molecule has 1 amide bonds. The number of amides is 1. The third kappa shape index (κ3) is 4.15. The van der Waals surface area contributed by atoms with Crippen molar-refractivity contribution in [3.8, 4) is 11.6 Å². The van der Waals surface area contributed by atoms with Crippen LogP contribution in [0.2, 0.25) is 0 Å². The van der Waals surface area contributed by atoms with Gasteiger partial charge in [0, 0.05) is 50.2 Å². The average molecular weight is 414 g/mol. The molecule has 0 saturated heterocycles. The van der Waals surface area contributed by atoms with E-state index in [1.165, 1.54) is 37.8 Å². The summed E-state index contributed by atoms with van der Waals surface area (Å²) < 4.78 is 13.4. The van der Waals surface area contributed by atoms with Crippen molar-refractivity contribution < 1.29 is 14.1 Å². The zero-order chi connectivity index (χ0) is 20.5. The quantitative estimate of drug-likeness (QED) is 0.694. The molecule has 0 atom stereocenters. The molecule has 2 saturated carbocycles. The standard InChI is InChI=1S/C22H31N5O3/c1-26(22(28)16-5-3-2-4-6-16)11-9-19-23-21(30-25-19)20-17-14-29-12-10-18(17)27(24-20)13-15-7-8-15/h15-16H,2-14H2,1H3. The summed E-state index contributed by atoms with van der Waals surface area (Å²) in [6, 6.07) is 0. The zero-order valence-corrected chi connectivity index (χ0v) is 17.8. The summed E-state index contributed by atoms with van der Waals surface area (Å²) in [6.45, 7) is 2.86. The smallest absolute Gasteiger partial charge is 0.278 e. The van der Waals surface area contributed by atoms with E-state index >= 15 is 0 Å². The van der Waals surface area contributed by atoms with Crippen LogP contribution in [0.1, 0.15) is 62.0 Å². The first-order chi connectivity index (χ1) is 14.7. The van der Waals surface area contributed by atoms with Gasteiger partial charge in [0.1, 0.15) is 0 Å². The van der Waals surface area contributed by atoms with Gasteiger partial charge in [-0.05, 0) is 31.6 Å². The monoisotopic (exact) mass is 413 g/mol. The van der Waals surface area contributed by atoms with E-state index in [0.717, 1.165) is 49.6 Å². The van der Waals surface area contributed by atoms with Crippen LogP contribution in [0.15, 0.2) is 4.52 Å². The second-order valence-electron chi connectivity index (χ2n) is 9.06. The lowest BCUT2D eigenvalue weighted by Crippen LogP contribution is -2.35. The number of fused-ring (bicyclic) bond motifs is 1. The number of carbonyl (C=O) groups is 1. The minimum Gasteiger partial charge on any atom is -0.376 e. The summed E-state index contributed by atoms with van der Waals surface area (Å²) in [5.74, 6) is 2.27. The number of hydrogen-bond acceptors (Lipinski definition) is 6. The largest absolute Gasteiger partial charge is 0.376 e. The Balaban J connectivity index is 1.25. The zero-order valence-electron chi connectivity index (χ0n) is 17.8. The fraction of sp³-hybridized carbons (Fsp3) is 0.727. The molecule has 1 aliphatic heterocycles. The Morgan fingerprint density at radius 2 is 2.03 bits per heavy atom. The average Bonchev–Trinajstić information content (AvgIpc) is 3.36. The predicted octanol–water partition coefficient (Wildman–Crippen LogP) is 3.00. The summed E-state index contributed by atoms with van der Waals surface area (Å²) in [4.78, 5) is 19.1. The molecule has 162 valence electrons. The molecule has 0 spiro atoms. The van der Waals surface area contributed by atoms with E-state index in [9.17, 15) is 4.79 Å². The highest BCUT2D eigenvalue weighted by atomic mass is 16.5. The van der Waals surface area contributed by atoms with Crippen molar-refractivity contribution in [2.24, 2.45) is 11.8 Å². The molecule has 5 rings (SSSR count). The summed E-state index contributed by atoms with van der Waals surface area (Å²) in [5.41, 5.74) is 3.10. The van der Waals surface area contributed by atoms with Gasteiger partial charge in [0.15, 0.2) is 11.5 Å². The minimum atomic E-state index is 0.187. The van der Waals surface area contributed by atoms with Crippen LogP contribution in [0, 0.1) is 11.8 Å². The van der Waals surface area contributed by atoms with Crippen LogP contribution in [0.5, 0.6) is 0 Å². The van der Waals surface area contributed by atoms with Crippen LogP contribution >= 0.6 is 0 Å². The topological polar surface area (TPSA) is 86.3 Å². The Morgan fingerprint density at radius 3 is 2.83 bits per heavy atom. The van der Waals surface area contributed by atoms with Gasteiger partial charge in [-0.2, -0.15) is 10.1 Å². The van der Waals surface area contributed by atoms with Crippen molar-refractivity contribution in [3.05, 3.63) is 17.1 Å². The van der Waals surface area contributed by atoms with E-state index in [-0.39, 0.29) is 11.8 Å². The van der Waals surface area contributed by atoms with E-state index in [1.54, 1.807) is 0 Å². The van der Waals surface area contributed by atoms with E-state index in [4.69, 9.17) is 14.4 Å². The molecular formula is C22H31N5O3. The predicted molar refractivity (Wildman–Crippen MR) is 110 cm³/mol. The second-order valence-corrected chi connectivity index (χ2v) is 9.06. The molecule has 0 radical (unpaired) electrons.